The first-order valence-corrected chi connectivity index (χ1v) is 13.9. The molecule has 0 spiro atoms. The number of hydrogen-bond donors (Lipinski definition) is 5. The summed E-state index contributed by atoms with van der Waals surface area (Å²) in [5.74, 6) is -2.93. The summed E-state index contributed by atoms with van der Waals surface area (Å²) in [4.78, 5) is 52.9. The van der Waals surface area contributed by atoms with Crippen LogP contribution in [0.2, 0.25) is 0 Å². The average molecular weight is 549 g/mol. The van der Waals surface area contributed by atoms with Crippen LogP contribution in [0.4, 0.5) is 0 Å². The minimum absolute atomic E-state index is 0.0161. The van der Waals surface area contributed by atoms with E-state index in [1.165, 1.54) is 25.1 Å². The largest absolute Gasteiger partial charge is 0.390 e. The van der Waals surface area contributed by atoms with Crippen LogP contribution in [0.25, 0.3) is 0 Å². The minimum atomic E-state index is -1.47. The van der Waals surface area contributed by atoms with Crippen molar-refractivity contribution in [3.8, 4) is 0 Å². The number of amides is 4. The Morgan fingerprint density at radius 1 is 0.897 bits per heavy atom. The van der Waals surface area contributed by atoms with E-state index in [-0.39, 0.29) is 40.9 Å². The monoisotopic (exact) mass is 548 g/mol. The van der Waals surface area contributed by atoms with Crippen molar-refractivity contribution < 1.29 is 29.4 Å². The molecule has 0 aromatic heterocycles. The number of carbonyl (C=O) groups is 4. The van der Waals surface area contributed by atoms with Gasteiger partial charge in [-0.1, -0.05) is 48.5 Å². The van der Waals surface area contributed by atoms with Crippen molar-refractivity contribution in [2.75, 3.05) is 19.6 Å². The Bertz CT molecular complexity index is 975. The van der Waals surface area contributed by atoms with E-state index in [0.717, 1.165) is 12.8 Å². The summed E-state index contributed by atoms with van der Waals surface area (Å²) in [5.41, 5.74) is 5.60. The molecule has 0 aliphatic carbocycles. The van der Waals surface area contributed by atoms with Gasteiger partial charge in [0.25, 0.3) is 11.8 Å². The molecule has 0 radical (unpaired) electrons. The van der Waals surface area contributed by atoms with Gasteiger partial charge in [-0.2, -0.15) is 0 Å². The zero-order valence-electron chi connectivity index (χ0n) is 24.5. The summed E-state index contributed by atoms with van der Waals surface area (Å²) in [5, 5.41) is 27.3. The Hall–Kier alpha value is -2.98. The molecule has 0 aliphatic rings. The second-order valence-corrected chi connectivity index (χ2v) is 11.0. The van der Waals surface area contributed by atoms with Crippen LogP contribution < -0.4 is 16.4 Å². The Morgan fingerprint density at radius 2 is 1.49 bits per heavy atom. The standard InChI is InChI=1S/C29H48N4O6/c1-8-12-33(13-9-2)29(39)20-10-11-21(26(30)36)22(15-20)28(38)32-23(14-17(3)4)25(35)24(34)19(7)27(37)31-16-18(5)6/h10-11,15,17-19,23-25,34-35H,8-9,12-14,16H2,1-7H3,(H2,30,36)(H,31,37)(H,32,38)/t19-,23+,24-,25-/m1/s1. The highest BCUT2D eigenvalue weighted by Crippen LogP contribution is 2.19. The first kappa shape index (κ1) is 34.0. The molecule has 0 saturated heterocycles. The summed E-state index contributed by atoms with van der Waals surface area (Å²) in [6, 6.07) is 3.22. The van der Waals surface area contributed by atoms with Gasteiger partial charge in [-0.3, -0.25) is 19.2 Å². The molecular formula is C29H48N4O6. The first-order valence-electron chi connectivity index (χ1n) is 13.9. The van der Waals surface area contributed by atoms with E-state index in [1.54, 1.807) is 4.90 Å². The Balaban J connectivity index is 3.29. The van der Waals surface area contributed by atoms with Crippen LogP contribution in [0.3, 0.4) is 0 Å². The number of nitrogens with zero attached hydrogens (tertiary/aromatic N) is 1. The number of aliphatic hydroxyl groups excluding tert-OH is 2. The number of benzene rings is 1. The summed E-state index contributed by atoms with van der Waals surface area (Å²) in [7, 11) is 0. The zero-order chi connectivity index (χ0) is 29.9. The highest BCUT2D eigenvalue weighted by Gasteiger charge is 2.35. The molecule has 0 bridgehead atoms. The summed E-state index contributed by atoms with van der Waals surface area (Å²) >= 11 is 0. The van der Waals surface area contributed by atoms with Crippen LogP contribution in [0.15, 0.2) is 18.2 Å². The Morgan fingerprint density at radius 3 is 1.97 bits per heavy atom. The zero-order valence-corrected chi connectivity index (χ0v) is 24.5. The number of primary amides is 1. The fourth-order valence-corrected chi connectivity index (χ4v) is 4.31. The van der Waals surface area contributed by atoms with Crippen LogP contribution >= 0.6 is 0 Å². The molecule has 4 atom stereocenters. The van der Waals surface area contributed by atoms with Crippen LogP contribution in [0, 0.1) is 17.8 Å². The maximum Gasteiger partial charge on any atom is 0.253 e. The molecule has 1 aromatic rings. The Kier molecular flexibility index (Phi) is 14.1. The lowest BCUT2D eigenvalue weighted by molar-refractivity contribution is -0.132. The smallest absolute Gasteiger partial charge is 0.253 e. The molecule has 10 heteroatoms. The highest BCUT2D eigenvalue weighted by atomic mass is 16.3. The number of nitrogens with one attached hydrogen (secondary N) is 2. The molecule has 1 rings (SSSR count). The van der Waals surface area contributed by atoms with E-state index in [4.69, 9.17) is 5.73 Å². The van der Waals surface area contributed by atoms with Crippen LogP contribution in [-0.2, 0) is 4.79 Å². The van der Waals surface area contributed by atoms with Crippen LogP contribution in [0.5, 0.6) is 0 Å². The Labute approximate surface area is 232 Å². The van der Waals surface area contributed by atoms with Gasteiger partial charge in [-0.25, -0.2) is 0 Å². The summed E-state index contributed by atoms with van der Waals surface area (Å²) < 4.78 is 0. The van der Waals surface area contributed by atoms with Crippen LogP contribution in [0.1, 0.15) is 98.8 Å². The third kappa shape index (κ3) is 10.3. The lowest BCUT2D eigenvalue weighted by Crippen LogP contribution is -2.53. The quantitative estimate of drug-likeness (QED) is 0.213. The van der Waals surface area contributed by atoms with Crippen molar-refractivity contribution in [3.05, 3.63) is 34.9 Å². The normalized spacial score (nSPS) is 14.4. The lowest BCUT2D eigenvalue weighted by Gasteiger charge is -2.31. The summed E-state index contributed by atoms with van der Waals surface area (Å²) in [6.07, 6.45) is -1.10. The molecule has 0 aliphatic heterocycles. The van der Waals surface area contributed by atoms with Gasteiger partial charge < -0.3 is 31.5 Å². The van der Waals surface area contributed by atoms with E-state index < -0.39 is 41.9 Å². The van der Waals surface area contributed by atoms with Crippen molar-refractivity contribution in [3.63, 3.8) is 0 Å². The molecular weight excluding hydrogens is 500 g/mol. The van der Waals surface area contributed by atoms with E-state index in [2.05, 4.69) is 10.6 Å². The highest BCUT2D eigenvalue weighted by molar-refractivity contribution is 6.08. The van der Waals surface area contributed by atoms with Gasteiger partial charge in [0.1, 0.15) is 6.10 Å². The van der Waals surface area contributed by atoms with E-state index >= 15 is 0 Å². The van der Waals surface area contributed by atoms with Gasteiger partial charge in [0.05, 0.1) is 29.2 Å². The maximum atomic E-state index is 13.5. The molecule has 0 heterocycles. The van der Waals surface area contributed by atoms with Gasteiger partial charge in [0, 0.05) is 25.2 Å². The topological polar surface area (TPSA) is 162 Å². The third-order valence-corrected chi connectivity index (χ3v) is 6.47. The molecule has 4 amide bonds. The molecule has 220 valence electrons. The van der Waals surface area contributed by atoms with Gasteiger partial charge in [0.2, 0.25) is 11.8 Å². The van der Waals surface area contributed by atoms with Crippen molar-refractivity contribution >= 4 is 23.6 Å². The van der Waals surface area contributed by atoms with E-state index in [1.807, 2.05) is 41.5 Å². The number of aliphatic hydroxyl groups is 2. The van der Waals surface area contributed by atoms with Gasteiger partial charge >= 0.3 is 0 Å². The molecule has 0 saturated carbocycles. The predicted octanol–water partition coefficient (Wildman–Crippen LogP) is 2.32. The molecule has 6 N–H and O–H groups in total. The van der Waals surface area contributed by atoms with Crippen LogP contribution in [-0.4, -0.2) is 76.6 Å². The first-order chi connectivity index (χ1) is 18.2. The fourth-order valence-electron chi connectivity index (χ4n) is 4.31. The number of hydrogen-bond acceptors (Lipinski definition) is 6. The molecule has 0 fully saturated rings. The summed E-state index contributed by atoms with van der Waals surface area (Å²) in [6.45, 7) is 14.6. The fraction of sp³-hybridized carbons (Fsp3) is 0.655. The number of nitrogens with two attached hydrogens (primary N) is 1. The van der Waals surface area contributed by atoms with E-state index in [9.17, 15) is 29.4 Å². The third-order valence-electron chi connectivity index (χ3n) is 6.47. The second-order valence-electron chi connectivity index (χ2n) is 11.0. The van der Waals surface area contributed by atoms with E-state index in [0.29, 0.717) is 19.6 Å². The second kappa shape index (κ2) is 16.2. The van der Waals surface area contributed by atoms with Crippen molar-refractivity contribution in [2.24, 2.45) is 23.5 Å². The van der Waals surface area contributed by atoms with Gasteiger partial charge in [-0.05, 0) is 49.3 Å². The predicted molar refractivity (Wildman–Crippen MR) is 151 cm³/mol. The molecule has 1 aromatic carbocycles. The minimum Gasteiger partial charge on any atom is -0.390 e. The molecule has 39 heavy (non-hydrogen) atoms. The lowest BCUT2D eigenvalue weighted by atomic mass is 9.89. The molecule has 0 unspecified atom stereocenters. The van der Waals surface area contributed by atoms with Crippen molar-refractivity contribution in [1.82, 2.24) is 15.5 Å². The molecule has 10 nitrogen and oxygen atoms in total. The number of carbonyl (C=O) groups excluding carboxylic acids is 4. The van der Waals surface area contributed by atoms with Gasteiger partial charge in [0.15, 0.2) is 0 Å². The maximum absolute atomic E-state index is 13.5. The number of rotatable bonds is 16. The van der Waals surface area contributed by atoms with Crippen molar-refractivity contribution in [1.29, 1.82) is 0 Å². The van der Waals surface area contributed by atoms with Crippen molar-refractivity contribution in [2.45, 2.75) is 86.0 Å². The average Bonchev–Trinajstić information content (AvgIpc) is 2.88. The van der Waals surface area contributed by atoms with Gasteiger partial charge in [-0.15, -0.1) is 0 Å². The SMILES string of the molecule is CCCN(CCC)C(=O)c1ccc(C(N)=O)c(C(=O)N[C@@H](CC(C)C)[C@@H](O)[C@H](O)[C@@H](C)C(=O)NCC(C)C)c1.